The molecule has 4 rings (SSSR count). The van der Waals surface area contributed by atoms with Crippen LogP contribution < -0.4 is 10.9 Å². The molecule has 2 aliphatic rings. The second-order valence-corrected chi connectivity index (χ2v) is 10.7. The predicted molar refractivity (Wildman–Crippen MR) is 130 cm³/mol. The number of aromatic nitrogens is 2. The van der Waals surface area contributed by atoms with Gasteiger partial charge in [-0.2, -0.15) is 0 Å². The highest BCUT2D eigenvalue weighted by molar-refractivity contribution is 7.99. The molecule has 1 amide bonds. The van der Waals surface area contributed by atoms with Gasteiger partial charge in [-0.3, -0.25) is 14.2 Å². The Balaban J connectivity index is 1.47. The molecule has 2 aliphatic carbocycles. The lowest BCUT2D eigenvalue weighted by atomic mass is 9.89. The fraction of sp³-hybridized carbons (Fsp3) is 0.542. The lowest BCUT2D eigenvalue weighted by Gasteiger charge is -2.17. The molecule has 0 fully saturated rings. The average Bonchev–Trinajstić information content (AvgIpc) is 3.12. The van der Waals surface area contributed by atoms with Crippen LogP contribution in [0.25, 0.3) is 10.2 Å². The number of nitrogens with zero attached hydrogens (tertiary/aromatic N) is 2. The first-order chi connectivity index (χ1) is 15.1. The zero-order valence-corrected chi connectivity index (χ0v) is 19.9. The number of allylic oxidation sites excluding steroid dienone is 2. The standard InChI is InChI=1S/C24H31N3O2S2/c1-3-13-27-23(29)21-18-10-9-16(2)14-19(18)31-22(21)26-24(27)30-15-20(28)25-12-11-17-7-5-4-6-8-17/h3,7,16H,1,4-6,8-15H2,2H3,(H,25,28). The zero-order valence-electron chi connectivity index (χ0n) is 18.2. The number of rotatable bonds is 8. The summed E-state index contributed by atoms with van der Waals surface area (Å²) in [6.07, 6.45) is 12.9. The van der Waals surface area contributed by atoms with E-state index < -0.39 is 0 Å². The maximum Gasteiger partial charge on any atom is 0.263 e. The van der Waals surface area contributed by atoms with Crippen LogP contribution in [0.2, 0.25) is 0 Å². The van der Waals surface area contributed by atoms with Crippen molar-refractivity contribution >= 4 is 39.2 Å². The van der Waals surface area contributed by atoms with E-state index in [2.05, 4.69) is 24.9 Å². The normalized spacial score (nSPS) is 18.5. The van der Waals surface area contributed by atoms with Gasteiger partial charge in [0.2, 0.25) is 5.91 Å². The largest absolute Gasteiger partial charge is 0.355 e. The Bertz CT molecular complexity index is 1070. The van der Waals surface area contributed by atoms with Gasteiger partial charge in [-0.25, -0.2) is 4.98 Å². The highest BCUT2D eigenvalue weighted by Crippen LogP contribution is 2.36. The summed E-state index contributed by atoms with van der Waals surface area (Å²) >= 11 is 2.99. The second-order valence-electron chi connectivity index (χ2n) is 8.63. The smallest absolute Gasteiger partial charge is 0.263 e. The molecule has 2 heterocycles. The highest BCUT2D eigenvalue weighted by Gasteiger charge is 2.24. The predicted octanol–water partition coefficient (Wildman–Crippen LogP) is 4.87. The van der Waals surface area contributed by atoms with Gasteiger partial charge in [0.05, 0.1) is 11.1 Å². The van der Waals surface area contributed by atoms with Crippen LogP contribution in [-0.4, -0.2) is 27.8 Å². The van der Waals surface area contributed by atoms with Crippen molar-refractivity contribution in [2.45, 2.75) is 70.0 Å². The van der Waals surface area contributed by atoms with E-state index in [-0.39, 0.29) is 17.2 Å². The fourth-order valence-corrected chi connectivity index (χ4v) is 6.74. The van der Waals surface area contributed by atoms with Crippen LogP contribution in [0.5, 0.6) is 0 Å². The number of fused-ring (bicyclic) bond motifs is 3. The maximum atomic E-state index is 13.3. The van der Waals surface area contributed by atoms with Crippen molar-refractivity contribution in [2.75, 3.05) is 12.3 Å². The lowest BCUT2D eigenvalue weighted by molar-refractivity contribution is -0.118. The van der Waals surface area contributed by atoms with Gasteiger partial charge >= 0.3 is 0 Å². The van der Waals surface area contributed by atoms with E-state index in [1.807, 2.05) is 0 Å². The van der Waals surface area contributed by atoms with Crippen LogP contribution in [0.1, 0.15) is 55.9 Å². The Kier molecular flexibility index (Phi) is 7.33. The maximum absolute atomic E-state index is 13.3. The van der Waals surface area contributed by atoms with Crippen molar-refractivity contribution < 1.29 is 4.79 Å². The first-order valence-corrected chi connectivity index (χ1v) is 13.1. The van der Waals surface area contributed by atoms with Gasteiger partial charge in [-0.15, -0.1) is 17.9 Å². The molecule has 2 aromatic rings. The summed E-state index contributed by atoms with van der Waals surface area (Å²) in [5.41, 5.74) is 2.66. The first kappa shape index (κ1) is 22.3. The van der Waals surface area contributed by atoms with Gasteiger partial charge < -0.3 is 5.32 Å². The van der Waals surface area contributed by atoms with Crippen LogP contribution in [-0.2, 0) is 24.2 Å². The molecule has 0 aliphatic heterocycles. The number of carbonyl (C=O) groups is 1. The number of hydrogen-bond acceptors (Lipinski definition) is 5. The van der Waals surface area contributed by atoms with Crippen molar-refractivity contribution in [3.05, 3.63) is 45.1 Å². The molecule has 0 saturated heterocycles. The molecule has 0 spiro atoms. The Morgan fingerprint density at radius 1 is 1.42 bits per heavy atom. The third kappa shape index (κ3) is 5.14. The minimum Gasteiger partial charge on any atom is -0.355 e. The molecular formula is C24H31N3O2S2. The molecule has 0 aromatic carbocycles. The summed E-state index contributed by atoms with van der Waals surface area (Å²) in [4.78, 5) is 32.6. The third-order valence-corrected chi connectivity index (χ3v) is 8.30. The average molecular weight is 458 g/mol. The van der Waals surface area contributed by atoms with Crippen molar-refractivity contribution in [1.82, 2.24) is 14.9 Å². The van der Waals surface area contributed by atoms with Gasteiger partial charge in [0.15, 0.2) is 5.16 Å². The molecule has 5 nitrogen and oxygen atoms in total. The summed E-state index contributed by atoms with van der Waals surface area (Å²) in [6.45, 7) is 7.15. The van der Waals surface area contributed by atoms with E-state index in [1.54, 1.807) is 22.0 Å². The van der Waals surface area contributed by atoms with Crippen LogP contribution in [0, 0.1) is 5.92 Å². The minimum atomic E-state index is -0.0137. The van der Waals surface area contributed by atoms with Gasteiger partial charge in [0.1, 0.15) is 4.83 Å². The Morgan fingerprint density at radius 3 is 3.06 bits per heavy atom. The molecular weight excluding hydrogens is 426 g/mol. The summed E-state index contributed by atoms with van der Waals surface area (Å²) < 4.78 is 1.67. The molecule has 0 bridgehead atoms. The molecule has 31 heavy (non-hydrogen) atoms. The summed E-state index contributed by atoms with van der Waals surface area (Å²) in [7, 11) is 0. The van der Waals surface area contributed by atoms with Crippen molar-refractivity contribution in [2.24, 2.45) is 5.92 Å². The van der Waals surface area contributed by atoms with E-state index in [4.69, 9.17) is 4.98 Å². The fourth-order valence-electron chi connectivity index (χ4n) is 4.48. The number of aryl methyl sites for hydroxylation is 1. The van der Waals surface area contributed by atoms with Crippen LogP contribution in [0.4, 0.5) is 0 Å². The van der Waals surface area contributed by atoms with Gasteiger partial charge in [-0.05, 0) is 62.8 Å². The molecule has 0 radical (unpaired) electrons. The summed E-state index contributed by atoms with van der Waals surface area (Å²) in [5, 5.41) is 4.40. The Hall–Kier alpha value is -1.86. The van der Waals surface area contributed by atoms with Crippen LogP contribution >= 0.6 is 23.1 Å². The van der Waals surface area contributed by atoms with Gasteiger partial charge in [-0.1, -0.05) is 36.4 Å². The third-order valence-electron chi connectivity index (χ3n) is 6.18. The van der Waals surface area contributed by atoms with Gasteiger partial charge in [0.25, 0.3) is 5.56 Å². The topological polar surface area (TPSA) is 64.0 Å². The van der Waals surface area contributed by atoms with Crippen LogP contribution in [0.15, 0.2) is 34.3 Å². The Morgan fingerprint density at radius 2 is 2.29 bits per heavy atom. The SMILES string of the molecule is C=CCn1c(SCC(=O)NCCC2=CCCCC2)nc2sc3c(c2c1=O)CCC(C)C3. The van der Waals surface area contributed by atoms with E-state index in [1.165, 1.54) is 47.0 Å². The molecule has 2 aromatic heterocycles. The number of thioether (sulfide) groups is 1. The molecule has 0 saturated carbocycles. The summed E-state index contributed by atoms with van der Waals surface area (Å²) in [5.74, 6) is 0.897. The quantitative estimate of drug-likeness (QED) is 0.349. The molecule has 1 unspecified atom stereocenters. The van der Waals surface area contributed by atoms with Crippen molar-refractivity contribution in [3.8, 4) is 0 Å². The number of nitrogens with one attached hydrogen (secondary N) is 1. The molecule has 7 heteroatoms. The van der Waals surface area contributed by atoms with E-state index in [0.717, 1.165) is 42.3 Å². The monoisotopic (exact) mass is 457 g/mol. The Labute approximate surface area is 192 Å². The number of thiophene rings is 1. The van der Waals surface area contributed by atoms with Crippen molar-refractivity contribution in [3.63, 3.8) is 0 Å². The number of amides is 1. The van der Waals surface area contributed by atoms with Gasteiger partial charge in [0, 0.05) is 18.0 Å². The lowest BCUT2D eigenvalue weighted by Crippen LogP contribution is -2.28. The number of hydrogen-bond donors (Lipinski definition) is 1. The van der Waals surface area contributed by atoms with Crippen molar-refractivity contribution in [1.29, 1.82) is 0 Å². The second kappa shape index (κ2) is 10.2. The summed E-state index contributed by atoms with van der Waals surface area (Å²) in [6, 6.07) is 0. The molecule has 1 atom stereocenters. The first-order valence-electron chi connectivity index (χ1n) is 11.3. The van der Waals surface area contributed by atoms with E-state index in [9.17, 15) is 9.59 Å². The molecule has 166 valence electrons. The van der Waals surface area contributed by atoms with Crippen LogP contribution in [0.3, 0.4) is 0 Å². The minimum absolute atomic E-state index is 0.00379. The zero-order chi connectivity index (χ0) is 21.8. The highest BCUT2D eigenvalue weighted by atomic mass is 32.2. The van der Waals surface area contributed by atoms with E-state index >= 15 is 0 Å². The number of carbonyl (C=O) groups excluding carboxylic acids is 1. The van der Waals surface area contributed by atoms with E-state index in [0.29, 0.717) is 24.2 Å². The molecule has 1 N–H and O–H groups in total.